The van der Waals surface area contributed by atoms with Crippen LogP contribution in [-0.2, 0) is 4.79 Å². The number of halogens is 2. The lowest BCUT2D eigenvalue weighted by Crippen LogP contribution is -2.40. The predicted octanol–water partition coefficient (Wildman–Crippen LogP) is 2.79. The van der Waals surface area contributed by atoms with Crippen molar-refractivity contribution in [2.45, 2.75) is 13.0 Å². The first kappa shape index (κ1) is 18.7. The number of benzene rings is 2. The van der Waals surface area contributed by atoms with Gasteiger partial charge in [-0.05, 0) is 31.2 Å². The molecule has 5 nitrogen and oxygen atoms in total. The van der Waals surface area contributed by atoms with E-state index in [0.29, 0.717) is 10.6 Å². The van der Waals surface area contributed by atoms with E-state index in [9.17, 15) is 14.0 Å². The summed E-state index contributed by atoms with van der Waals surface area (Å²) >= 11 is 5.94. The van der Waals surface area contributed by atoms with Crippen molar-refractivity contribution in [1.29, 1.82) is 0 Å². The molecule has 0 saturated heterocycles. The van der Waals surface area contributed by atoms with Gasteiger partial charge in [0.05, 0.1) is 10.6 Å². The molecule has 132 valence electrons. The van der Waals surface area contributed by atoms with Gasteiger partial charge in [0.25, 0.3) is 11.8 Å². The summed E-state index contributed by atoms with van der Waals surface area (Å²) in [6.45, 7) is 2.02. The van der Waals surface area contributed by atoms with E-state index in [1.807, 2.05) is 0 Å². The van der Waals surface area contributed by atoms with Crippen molar-refractivity contribution in [1.82, 2.24) is 10.6 Å². The molecule has 1 atom stereocenters. The van der Waals surface area contributed by atoms with Gasteiger partial charge >= 0.3 is 0 Å². The molecule has 0 fully saturated rings. The van der Waals surface area contributed by atoms with Gasteiger partial charge in [0.2, 0.25) is 0 Å². The molecule has 2 aromatic carbocycles. The highest BCUT2D eigenvalue weighted by molar-refractivity contribution is 6.33. The van der Waals surface area contributed by atoms with E-state index in [-0.39, 0.29) is 30.7 Å². The summed E-state index contributed by atoms with van der Waals surface area (Å²) in [6, 6.07) is 12.3. The maximum Gasteiger partial charge on any atom is 0.260 e. The second-order valence-electron chi connectivity index (χ2n) is 5.24. The van der Waals surface area contributed by atoms with Gasteiger partial charge < -0.3 is 15.4 Å². The maximum atomic E-state index is 13.1. The smallest absolute Gasteiger partial charge is 0.260 e. The van der Waals surface area contributed by atoms with Crippen molar-refractivity contribution in [3.8, 4) is 5.75 Å². The largest absolute Gasteiger partial charge is 0.481 e. The van der Waals surface area contributed by atoms with E-state index < -0.39 is 11.9 Å². The molecule has 0 aromatic heterocycles. The highest BCUT2D eigenvalue weighted by atomic mass is 35.5. The summed E-state index contributed by atoms with van der Waals surface area (Å²) in [7, 11) is 0. The minimum atomic E-state index is -0.791. The van der Waals surface area contributed by atoms with Crippen LogP contribution in [0.1, 0.15) is 17.3 Å². The van der Waals surface area contributed by atoms with Crippen LogP contribution in [0.5, 0.6) is 5.75 Å². The number of ether oxygens (including phenoxy) is 1. The van der Waals surface area contributed by atoms with Crippen LogP contribution in [-0.4, -0.2) is 31.0 Å². The summed E-state index contributed by atoms with van der Waals surface area (Å²) in [4.78, 5) is 23.9. The van der Waals surface area contributed by atoms with Crippen molar-refractivity contribution < 1.29 is 18.7 Å². The van der Waals surface area contributed by atoms with Crippen LogP contribution < -0.4 is 15.4 Å². The summed E-state index contributed by atoms with van der Waals surface area (Å²) in [5.41, 5.74) is 0.373. The van der Waals surface area contributed by atoms with Crippen LogP contribution in [0.2, 0.25) is 5.02 Å². The minimum absolute atomic E-state index is 0.228. The predicted molar refractivity (Wildman–Crippen MR) is 93.3 cm³/mol. The molecule has 7 heteroatoms. The zero-order chi connectivity index (χ0) is 18.2. The first-order valence-electron chi connectivity index (χ1n) is 7.70. The molecule has 2 rings (SSSR count). The SMILES string of the molecule is CC(Oc1cccc(F)c1)C(=O)NCCNC(=O)c1ccccc1Cl. The summed E-state index contributed by atoms with van der Waals surface area (Å²) in [5, 5.41) is 5.66. The zero-order valence-corrected chi connectivity index (χ0v) is 14.3. The Morgan fingerprint density at radius 1 is 1.12 bits per heavy atom. The van der Waals surface area contributed by atoms with Crippen molar-refractivity contribution >= 4 is 23.4 Å². The van der Waals surface area contributed by atoms with E-state index in [0.717, 1.165) is 0 Å². The van der Waals surface area contributed by atoms with Gasteiger partial charge in [0.1, 0.15) is 11.6 Å². The summed E-state index contributed by atoms with van der Waals surface area (Å²) < 4.78 is 18.4. The van der Waals surface area contributed by atoms with Crippen LogP contribution in [0.3, 0.4) is 0 Å². The Morgan fingerprint density at radius 2 is 1.84 bits per heavy atom. The van der Waals surface area contributed by atoms with Gasteiger partial charge in [-0.1, -0.05) is 29.8 Å². The lowest BCUT2D eigenvalue weighted by Gasteiger charge is -2.15. The first-order chi connectivity index (χ1) is 12.0. The molecule has 2 aromatic rings. The molecule has 0 spiro atoms. The molecule has 1 unspecified atom stereocenters. The molecular formula is C18H18ClFN2O3. The molecular weight excluding hydrogens is 347 g/mol. The number of hydrogen-bond acceptors (Lipinski definition) is 3. The Morgan fingerprint density at radius 3 is 2.56 bits per heavy atom. The van der Waals surface area contributed by atoms with Gasteiger partial charge in [-0.25, -0.2) is 4.39 Å². The number of amides is 2. The fourth-order valence-electron chi connectivity index (χ4n) is 2.04. The molecule has 0 aliphatic carbocycles. The van der Waals surface area contributed by atoms with Gasteiger partial charge in [-0.2, -0.15) is 0 Å². The number of carbonyl (C=O) groups excluding carboxylic acids is 2. The minimum Gasteiger partial charge on any atom is -0.481 e. The highest BCUT2D eigenvalue weighted by Crippen LogP contribution is 2.14. The topological polar surface area (TPSA) is 67.4 Å². The number of carbonyl (C=O) groups is 2. The van der Waals surface area contributed by atoms with Crippen LogP contribution in [0.15, 0.2) is 48.5 Å². The van der Waals surface area contributed by atoms with E-state index in [1.54, 1.807) is 37.3 Å². The molecule has 0 aliphatic heterocycles. The van der Waals surface area contributed by atoms with E-state index >= 15 is 0 Å². The molecule has 0 aliphatic rings. The van der Waals surface area contributed by atoms with Crippen molar-refractivity contribution in [2.24, 2.45) is 0 Å². The highest BCUT2D eigenvalue weighted by Gasteiger charge is 2.14. The number of hydrogen-bond donors (Lipinski definition) is 2. The number of nitrogens with one attached hydrogen (secondary N) is 2. The van der Waals surface area contributed by atoms with E-state index in [1.165, 1.54) is 18.2 Å². The summed E-state index contributed by atoms with van der Waals surface area (Å²) in [6.07, 6.45) is -0.791. The molecule has 0 heterocycles. The average molecular weight is 365 g/mol. The second kappa shape index (κ2) is 9.03. The van der Waals surface area contributed by atoms with Crippen molar-refractivity contribution in [2.75, 3.05) is 13.1 Å². The van der Waals surface area contributed by atoms with Gasteiger partial charge in [-0.15, -0.1) is 0 Å². The fraction of sp³-hybridized carbons (Fsp3) is 0.222. The molecule has 0 saturated carbocycles. The van der Waals surface area contributed by atoms with Gasteiger partial charge in [-0.3, -0.25) is 9.59 Å². The molecule has 0 radical (unpaired) electrons. The average Bonchev–Trinajstić information content (AvgIpc) is 2.58. The Hall–Kier alpha value is -2.60. The summed E-state index contributed by atoms with van der Waals surface area (Å²) in [5.74, 6) is -0.845. The second-order valence-corrected chi connectivity index (χ2v) is 5.65. The van der Waals surface area contributed by atoms with E-state index in [2.05, 4.69) is 10.6 Å². The lowest BCUT2D eigenvalue weighted by atomic mass is 10.2. The zero-order valence-electron chi connectivity index (χ0n) is 13.6. The van der Waals surface area contributed by atoms with Crippen LogP contribution in [0.4, 0.5) is 4.39 Å². The molecule has 25 heavy (non-hydrogen) atoms. The number of rotatable bonds is 7. The third-order valence-electron chi connectivity index (χ3n) is 3.31. The van der Waals surface area contributed by atoms with Crippen LogP contribution >= 0.6 is 11.6 Å². The Kier molecular flexibility index (Phi) is 6.77. The molecule has 2 N–H and O–H groups in total. The Labute approximate surface area is 150 Å². The van der Waals surface area contributed by atoms with Crippen molar-refractivity contribution in [3.63, 3.8) is 0 Å². The van der Waals surface area contributed by atoms with E-state index in [4.69, 9.17) is 16.3 Å². The standard InChI is InChI=1S/C18H18ClFN2O3/c1-12(25-14-6-4-5-13(20)11-14)17(23)21-9-10-22-18(24)15-7-2-3-8-16(15)19/h2-8,11-12H,9-10H2,1H3,(H,21,23)(H,22,24). The Balaban J connectivity index is 1.73. The maximum absolute atomic E-state index is 13.1. The van der Waals surface area contributed by atoms with Gasteiger partial charge in [0, 0.05) is 19.2 Å². The normalized spacial score (nSPS) is 11.5. The van der Waals surface area contributed by atoms with Gasteiger partial charge in [0.15, 0.2) is 6.10 Å². The lowest BCUT2D eigenvalue weighted by molar-refractivity contribution is -0.127. The van der Waals surface area contributed by atoms with Crippen LogP contribution in [0.25, 0.3) is 0 Å². The monoisotopic (exact) mass is 364 g/mol. The fourth-order valence-corrected chi connectivity index (χ4v) is 2.27. The quantitative estimate of drug-likeness (QED) is 0.742. The Bertz CT molecular complexity index is 755. The molecule has 2 amide bonds. The third-order valence-corrected chi connectivity index (χ3v) is 3.64. The van der Waals surface area contributed by atoms with Crippen molar-refractivity contribution in [3.05, 3.63) is 64.9 Å². The molecule has 0 bridgehead atoms. The first-order valence-corrected chi connectivity index (χ1v) is 8.08. The third kappa shape index (κ3) is 5.76. The van der Waals surface area contributed by atoms with Crippen LogP contribution in [0, 0.1) is 5.82 Å².